The number of fused-ring (bicyclic) bond motifs is 1. The monoisotopic (exact) mass is 513 g/mol. The summed E-state index contributed by atoms with van der Waals surface area (Å²) < 4.78 is 19.8. The number of aromatic nitrogens is 2. The summed E-state index contributed by atoms with van der Waals surface area (Å²) in [6.07, 6.45) is 6.84. The number of halogens is 1. The van der Waals surface area contributed by atoms with Gasteiger partial charge >= 0.3 is 0 Å². The van der Waals surface area contributed by atoms with E-state index in [9.17, 15) is 14.0 Å². The molecule has 0 aliphatic carbocycles. The van der Waals surface area contributed by atoms with Crippen LogP contribution < -0.4 is 15.4 Å². The van der Waals surface area contributed by atoms with Gasteiger partial charge in [-0.2, -0.15) is 0 Å². The Hall–Kier alpha value is -4.58. The van der Waals surface area contributed by atoms with Crippen LogP contribution in [-0.4, -0.2) is 52.4 Å². The van der Waals surface area contributed by atoms with E-state index in [0.29, 0.717) is 47.7 Å². The van der Waals surface area contributed by atoms with Gasteiger partial charge < -0.3 is 25.3 Å². The maximum Gasteiger partial charge on any atom is 0.255 e. The summed E-state index contributed by atoms with van der Waals surface area (Å²) in [5, 5.41) is 6.12. The topological polar surface area (TPSA) is 99.3 Å². The molecule has 1 saturated heterocycles. The van der Waals surface area contributed by atoms with Crippen LogP contribution in [0.1, 0.15) is 41.4 Å². The highest BCUT2D eigenvalue weighted by Gasteiger charge is 2.37. The predicted octanol–water partition coefficient (Wildman–Crippen LogP) is 4.17. The van der Waals surface area contributed by atoms with Gasteiger partial charge in [-0.1, -0.05) is 24.5 Å². The van der Waals surface area contributed by atoms with Crippen molar-refractivity contribution in [1.29, 1.82) is 0 Å². The van der Waals surface area contributed by atoms with Gasteiger partial charge in [0.15, 0.2) is 11.6 Å². The van der Waals surface area contributed by atoms with Crippen LogP contribution in [-0.2, 0) is 11.2 Å². The molecule has 1 atom stereocenters. The van der Waals surface area contributed by atoms with Gasteiger partial charge in [-0.25, -0.2) is 4.39 Å². The number of benzene rings is 1. The number of aromatic amines is 1. The number of nitrogens with zero attached hydrogens (tertiary/aromatic N) is 2. The van der Waals surface area contributed by atoms with Crippen molar-refractivity contribution in [3.8, 4) is 28.8 Å². The second-order valence-electron chi connectivity index (χ2n) is 9.42. The van der Waals surface area contributed by atoms with E-state index >= 15 is 0 Å². The Morgan fingerprint density at radius 2 is 2.21 bits per heavy atom. The van der Waals surface area contributed by atoms with Gasteiger partial charge in [0.25, 0.3) is 5.91 Å². The fourth-order valence-electron chi connectivity index (χ4n) is 5.13. The molecular formula is C29H28FN5O3. The third kappa shape index (κ3) is 4.39. The standard InChI is InChI=1S/C29H28FN5O3/c1-4-23(36)35-16-6-12-29(35,2)13-9-18-17-31-14-10-19(18)25-26(24-21(33-25)11-15-32-28(24)37)34-22-8-5-7-20(30)27(22)38-3/h4-5,7-8,10,14,17,33-34H,1,6,11-12,15-16H2,2-3H3,(H,32,37)/t29-/m0/s1. The Bertz CT molecular complexity index is 1500. The summed E-state index contributed by atoms with van der Waals surface area (Å²) in [5.74, 6) is 5.68. The molecule has 0 spiro atoms. The van der Waals surface area contributed by atoms with Gasteiger partial charge in [0.05, 0.1) is 35.3 Å². The van der Waals surface area contributed by atoms with Crippen molar-refractivity contribution >= 4 is 23.2 Å². The van der Waals surface area contributed by atoms with E-state index in [-0.39, 0.29) is 17.6 Å². The third-order valence-corrected chi connectivity index (χ3v) is 7.03. The molecule has 38 heavy (non-hydrogen) atoms. The van der Waals surface area contributed by atoms with Gasteiger partial charge in [-0.05, 0) is 44.0 Å². The zero-order valence-corrected chi connectivity index (χ0v) is 21.3. The average Bonchev–Trinajstić information content (AvgIpc) is 3.49. The fourth-order valence-corrected chi connectivity index (χ4v) is 5.13. The molecule has 3 aromatic rings. The Labute approximate surface area is 220 Å². The molecule has 2 aliphatic heterocycles. The zero-order valence-electron chi connectivity index (χ0n) is 21.3. The number of H-pyrrole nitrogens is 1. The number of rotatable bonds is 5. The minimum absolute atomic E-state index is 0.0421. The molecule has 1 fully saturated rings. The van der Waals surface area contributed by atoms with Gasteiger partial charge in [-0.15, -0.1) is 0 Å². The van der Waals surface area contributed by atoms with Crippen molar-refractivity contribution < 1.29 is 18.7 Å². The maximum atomic E-state index is 14.5. The zero-order chi connectivity index (χ0) is 26.9. The molecule has 0 saturated carbocycles. The lowest BCUT2D eigenvalue weighted by Gasteiger charge is -2.29. The number of hydrogen-bond donors (Lipinski definition) is 3. The molecule has 2 amide bonds. The van der Waals surface area contributed by atoms with Crippen LogP contribution in [0.3, 0.4) is 0 Å². The molecule has 1 aromatic carbocycles. The minimum Gasteiger partial charge on any atom is -0.492 e. The summed E-state index contributed by atoms with van der Waals surface area (Å²) in [7, 11) is 1.39. The molecule has 0 unspecified atom stereocenters. The largest absolute Gasteiger partial charge is 0.492 e. The number of hydrogen-bond acceptors (Lipinski definition) is 5. The molecule has 2 aliphatic rings. The maximum absolute atomic E-state index is 14.5. The Morgan fingerprint density at radius 3 is 3.00 bits per heavy atom. The van der Waals surface area contributed by atoms with E-state index in [4.69, 9.17) is 4.74 Å². The average molecular weight is 514 g/mol. The molecule has 0 radical (unpaired) electrons. The summed E-state index contributed by atoms with van der Waals surface area (Å²) >= 11 is 0. The van der Waals surface area contributed by atoms with Gasteiger partial charge in [-0.3, -0.25) is 14.6 Å². The quantitative estimate of drug-likeness (QED) is 0.351. The number of carbonyl (C=O) groups is 2. The number of ether oxygens (including phenoxy) is 1. The van der Waals surface area contributed by atoms with Crippen molar-refractivity contribution in [1.82, 2.24) is 20.2 Å². The summed E-state index contributed by atoms with van der Waals surface area (Å²) in [6, 6.07) is 6.38. The van der Waals surface area contributed by atoms with Crippen LogP contribution >= 0.6 is 0 Å². The number of likely N-dealkylation sites (tertiary alicyclic amines) is 1. The number of para-hydroxylation sites is 1. The molecular weight excluding hydrogens is 485 g/mol. The number of carbonyl (C=O) groups excluding carboxylic acids is 2. The molecule has 5 rings (SSSR count). The van der Waals surface area contributed by atoms with Gasteiger partial charge in [0, 0.05) is 43.2 Å². The van der Waals surface area contributed by atoms with E-state index in [1.54, 1.807) is 29.4 Å². The number of methoxy groups -OCH3 is 1. The van der Waals surface area contributed by atoms with Crippen LogP contribution in [0.4, 0.5) is 15.8 Å². The van der Waals surface area contributed by atoms with Crippen LogP contribution in [0, 0.1) is 17.7 Å². The van der Waals surface area contributed by atoms with Gasteiger partial charge in [0.2, 0.25) is 5.91 Å². The second-order valence-corrected chi connectivity index (χ2v) is 9.42. The summed E-state index contributed by atoms with van der Waals surface area (Å²) in [6.45, 7) is 6.69. The Morgan fingerprint density at radius 1 is 1.37 bits per heavy atom. The van der Waals surface area contributed by atoms with Crippen molar-refractivity contribution in [2.24, 2.45) is 0 Å². The lowest BCUT2D eigenvalue weighted by Crippen LogP contribution is -2.43. The van der Waals surface area contributed by atoms with Crippen LogP contribution in [0.25, 0.3) is 11.3 Å². The molecule has 4 heterocycles. The molecule has 8 nitrogen and oxygen atoms in total. The molecule has 9 heteroatoms. The van der Waals surface area contributed by atoms with Gasteiger partial charge in [0.1, 0.15) is 5.54 Å². The highest BCUT2D eigenvalue weighted by atomic mass is 19.1. The minimum atomic E-state index is -0.636. The van der Waals surface area contributed by atoms with E-state index in [1.165, 1.54) is 19.3 Å². The van der Waals surface area contributed by atoms with Crippen molar-refractivity contribution in [2.75, 3.05) is 25.5 Å². The lowest BCUT2D eigenvalue weighted by atomic mass is 9.97. The predicted molar refractivity (Wildman–Crippen MR) is 143 cm³/mol. The number of anilines is 2. The van der Waals surface area contributed by atoms with E-state index in [0.717, 1.165) is 24.1 Å². The molecule has 194 valence electrons. The first kappa shape index (κ1) is 25.1. The first-order valence-electron chi connectivity index (χ1n) is 12.4. The second kappa shape index (κ2) is 10.1. The molecule has 3 N–H and O–H groups in total. The molecule has 0 bridgehead atoms. The highest BCUT2D eigenvalue weighted by Crippen LogP contribution is 2.40. The van der Waals surface area contributed by atoms with E-state index < -0.39 is 11.4 Å². The van der Waals surface area contributed by atoms with Crippen LogP contribution in [0.15, 0.2) is 49.3 Å². The number of amides is 2. The normalized spacial score (nSPS) is 18.2. The van der Waals surface area contributed by atoms with E-state index in [1.807, 2.05) is 13.0 Å². The third-order valence-electron chi connectivity index (χ3n) is 7.03. The van der Waals surface area contributed by atoms with Crippen LogP contribution in [0.5, 0.6) is 5.75 Å². The molecule has 2 aromatic heterocycles. The number of pyridine rings is 1. The van der Waals surface area contributed by atoms with E-state index in [2.05, 4.69) is 39.0 Å². The lowest BCUT2D eigenvalue weighted by molar-refractivity contribution is -0.127. The Kier molecular flexibility index (Phi) is 6.64. The van der Waals surface area contributed by atoms with Crippen LogP contribution in [0.2, 0.25) is 0 Å². The SMILES string of the molecule is C=CC(=O)N1CCC[C@@]1(C)C#Cc1cnccc1-c1[nH]c2c(c1Nc1cccc(F)c1OC)C(=O)NCC2. The number of nitrogens with one attached hydrogen (secondary N) is 3. The smallest absolute Gasteiger partial charge is 0.255 e. The summed E-state index contributed by atoms with van der Waals surface area (Å²) in [5.41, 5.74) is 3.43. The first-order valence-corrected chi connectivity index (χ1v) is 12.4. The fraction of sp³-hybridized carbons (Fsp3) is 0.276. The van der Waals surface area contributed by atoms with Crippen molar-refractivity contribution in [2.45, 2.75) is 31.7 Å². The first-order chi connectivity index (χ1) is 18.4. The Balaban J connectivity index is 1.63. The highest BCUT2D eigenvalue weighted by molar-refractivity contribution is 6.06. The van der Waals surface area contributed by atoms with Crippen molar-refractivity contribution in [3.05, 3.63) is 72.0 Å². The van der Waals surface area contributed by atoms with Crippen molar-refractivity contribution in [3.63, 3.8) is 0 Å². The summed E-state index contributed by atoms with van der Waals surface area (Å²) in [4.78, 5) is 34.8.